The van der Waals surface area contributed by atoms with Gasteiger partial charge in [-0.3, -0.25) is 4.79 Å². The largest absolute Gasteiger partial charge is 0.355 e. The van der Waals surface area contributed by atoms with E-state index >= 15 is 0 Å². The van der Waals surface area contributed by atoms with Crippen molar-refractivity contribution >= 4 is 5.91 Å². The summed E-state index contributed by atoms with van der Waals surface area (Å²) in [6.45, 7) is 3.08. The van der Waals surface area contributed by atoms with Crippen LogP contribution in [0, 0.1) is 0 Å². The molecule has 3 heteroatoms. The topological polar surface area (TPSA) is 41.1 Å². The minimum absolute atomic E-state index is 0.0971. The van der Waals surface area contributed by atoms with Gasteiger partial charge in [-0.05, 0) is 31.2 Å². The smallest absolute Gasteiger partial charge is 0.233 e. The maximum absolute atomic E-state index is 11.6. The molecule has 2 unspecified atom stereocenters. The minimum atomic E-state index is 0.0971. The number of carbonyl (C=O) groups is 1. The van der Waals surface area contributed by atoms with E-state index < -0.39 is 0 Å². The molecule has 1 aromatic rings. The summed E-state index contributed by atoms with van der Waals surface area (Å²) in [5, 5.41) is 6.28. The molecule has 19 heavy (non-hydrogen) atoms. The fourth-order valence-corrected chi connectivity index (χ4v) is 2.96. The molecular weight excluding hydrogens is 236 g/mol. The molecule has 0 aromatic heterocycles. The van der Waals surface area contributed by atoms with Crippen molar-refractivity contribution in [2.75, 3.05) is 13.1 Å². The average Bonchev–Trinajstić information content (AvgIpc) is 2.47. The van der Waals surface area contributed by atoms with E-state index in [1.807, 2.05) is 6.92 Å². The van der Waals surface area contributed by atoms with Crippen molar-refractivity contribution in [2.45, 2.75) is 44.6 Å². The van der Waals surface area contributed by atoms with Gasteiger partial charge >= 0.3 is 0 Å². The standard InChI is InChI=1S/C16H24N2O/c1-2-17-16(19)12-18-15-11-7-6-10-14(15)13-8-4-3-5-9-13/h3-5,8-9,14-15,18H,2,6-7,10-12H2,1H3,(H,17,19). The van der Waals surface area contributed by atoms with Crippen LogP contribution in [0.1, 0.15) is 44.1 Å². The Hall–Kier alpha value is -1.35. The van der Waals surface area contributed by atoms with Gasteiger partial charge in [-0.25, -0.2) is 0 Å². The third kappa shape index (κ3) is 4.06. The van der Waals surface area contributed by atoms with Crippen LogP contribution in [-0.2, 0) is 4.79 Å². The highest BCUT2D eigenvalue weighted by atomic mass is 16.1. The van der Waals surface area contributed by atoms with E-state index in [9.17, 15) is 4.79 Å². The number of hydrogen-bond donors (Lipinski definition) is 2. The summed E-state index contributed by atoms with van der Waals surface area (Å²) < 4.78 is 0. The van der Waals surface area contributed by atoms with Gasteiger partial charge in [-0.1, -0.05) is 43.2 Å². The highest BCUT2D eigenvalue weighted by Crippen LogP contribution is 2.32. The van der Waals surface area contributed by atoms with Gasteiger partial charge in [0.15, 0.2) is 0 Å². The molecule has 1 aliphatic rings. The molecule has 1 fully saturated rings. The lowest BCUT2D eigenvalue weighted by atomic mass is 9.80. The summed E-state index contributed by atoms with van der Waals surface area (Å²) in [5.74, 6) is 0.643. The van der Waals surface area contributed by atoms with Crippen LogP contribution in [0.3, 0.4) is 0 Å². The fraction of sp³-hybridized carbons (Fsp3) is 0.562. The summed E-state index contributed by atoms with van der Waals surface area (Å²) >= 11 is 0. The Bertz CT molecular complexity index is 391. The zero-order valence-electron chi connectivity index (χ0n) is 11.7. The van der Waals surface area contributed by atoms with Crippen LogP contribution in [0.15, 0.2) is 30.3 Å². The van der Waals surface area contributed by atoms with Gasteiger partial charge in [-0.15, -0.1) is 0 Å². The first kappa shape index (κ1) is 14.1. The molecule has 1 saturated carbocycles. The fourth-order valence-electron chi connectivity index (χ4n) is 2.96. The van der Waals surface area contributed by atoms with Crippen LogP contribution >= 0.6 is 0 Å². The predicted octanol–water partition coefficient (Wildman–Crippen LogP) is 2.44. The highest BCUT2D eigenvalue weighted by Gasteiger charge is 2.26. The Morgan fingerprint density at radius 1 is 1.21 bits per heavy atom. The van der Waals surface area contributed by atoms with E-state index in [1.54, 1.807) is 0 Å². The summed E-state index contributed by atoms with van der Waals surface area (Å²) in [5.41, 5.74) is 1.40. The number of rotatable bonds is 5. The molecule has 0 radical (unpaired) electrons. The Labute approximate surface area is 115 Å². The number of amides is 1. The Kier molecular flexibility index (Phi) is 5.40. The molecule has 0 bridgehead atoms. The minimum Gasteiger partial charge on any atom is -0.355 e. The Morgan fingerprint density at radius 3 is 2.68 bits per heavy atom. The molecule has 1 aromatic carbocycles. The number of likely N-dealkylation sites (N-methyl/N-ethyl adjacent to an activating group) is 1. The van der Waals surface area contributed by atoms with Gasteiger partial charge < -0.3 is 10.6 Å². The van der Waals surface area contributed by atoms with Crippen LogP contribution in [0.5, 0.6) is 0 Å². The first-order chi connectivity index (χ1) is 9.31. The molecule has 2 N–H and O–H groups in total. The molecule has 2 atom stereocenters. The monoisotopic (exact) mass is 260 g/mol. The molecule has 104 valence electrons. The lowest BCUT2D eigenvalue weighted by molar-refractivity contribution is -0.120. The second-order valence-corrected chi connectivity index (χ2v) is 5.24. The number of hydrogen-bond acceptors (Lipinski definition) is 2. The van der Waals surface area contributed by atoms with Crippen molar-refractivity contribution in [3.63, 3.8) is 0 Å². The molecular formula is C16H24N2O. The van der Waals surface area contributed by atoms with Crippen molar-refractivity contribution in [1.82, 2.24) is 10.6 Å². The molecule has 2 rings (SSSR count). The Balaban J connectivity index is 1.95. The summed E-state index contributed by atoms with van der Waals surface area (Å²) in [4.78, 5) is 11.6. The average molecular weight is 260 g/mol. The van der Waals surface area contributed by atoms with Gasteiger partial charge in [0.1, 0.15) is 0 Å². The SMILES string of the molecule is CCNC(=O)CNC1CCCCC1c1ccccc1. The van der Waals surface area contributed by atoms with E-state index in [1.165, 1.54) is 31.2 Å². The Morgan fingerprint density at radius 2 is 1.95 bits per heavy atom. The van der Waals surface area contributed by atoms with Crippen LogP contribution in [-0.4, -0.2) is 25.0 Å². The van der Waals surface area contributed by atoms with E-state index in [0.717, 1.165) is 0 Å². The van der Waals surface area contributed by atoms with E-state index in [-0.39, 0.29) is 5.91 Å². The lowest BCUT2D eigenvalue weighted by Gasteiger charge is -2.32. The zero-order valence-corrected chi connectivity index (χ0v) is 11.7. The van der Waals surface area contributed by atoms with Gasteiger partial charge in [0.2, 0.25) is 5.91 Å². The molecule has 0 heterocycles. The quantitative estimate of drug-likeness (QED) is 0.854. The van der Waals surface area contributed by atoms with Crippen LogP contribution in [0.2, 0.25) is 0 Å². The van der Waals surface area contributed by atoms with Crippen molar-refractivity contribution in [1.29, 1.82) is 0 Å². The van der Waals surface area contributed by atoms with Crippen molar-refractivity contribution < 1.29 is 4.79 Å². The van der Waals surface area contributed by atoms with Gasteiger partial charge in [0.25, 0.3) is 0 Å². The van der Waals surface area contributed by atoms with Gasteiger partial charge in [0.05, 0.1) is 6.54 Å². The van der Waals surface area contributed by atoms with Crippen LogP contribution in [0.4, 0.5) is 0 Å². The maximum Gasteiger partial charge on any atom is 0.233 e. The summed E-state index contributed by atoms with van der Waals surface area (Å²) in [6.07, 6.45) is 4.94. The maximum atomic E-state index is 11.6. The molecule has 3 nitrogen and oxygen atoms in total. The molecule has 1 amide bonds. The predicted molar refractivity (Wildman–Crippen MR) is 78.1 cm³/mol. The number of carbonyl (C=O) groups excluding carboxylic acids is 1. The molecule has 0 spiro atoms. The zero-order chi connectivity index (χ0) is 13.5. The van der Waals surface area contributed by atoms with E-state index in [2.05, 4.69) is 41.0 Å². The van der Waals surface area contributed by atoms with Gasteiger partial charge in [0, 0.05) is 12.6 Å². The van der Waals surface area contributed by atoms with E-state index in [4.69, 9.17) is 0 Å². The van der Waals surface area contributed by atoms with Crippen molar-refractivity contribution in [3.05, 3.63) is 35.9 Å². The summed E-state index contributed by atoms with van der Waals surface area (Å²) in [6, 6.07) is 11.1. The summed E-state index contributed by atoms with van der Waals surface area (Å²) in [7, 11) is 0. The van der Waals surface area contributed by atoms with Crippen LogP contribution < -0.4 is 10.6 Å². The van der Waals surface area contributed by atoms with Gasteiger partial charge in [-0.2, -0.15) is 0 Å². The first-order valence-corrected chi connectivity index (χ1v) is 7.36. The van der Waals surface area contributed by atoms with Crippen molar-refractivity contribution in [2.24, 2.45) is 0 Å². The molecule has 0 aliphatic heterocycles. The number of benzene rings is 1. The second-order valence-electron chi connectivity index (χ2n) is 5.24. The van der Waals surface area contributed by atoms with Crippen LogP contribution in [0.25, 0.3) is 0 Å². The van der Waals surface area contributed by atoms with E-state index in [0.29, 0.717) is 25.0 Å². The lowest BCUT2D eigenvalue weighted by Crippen LogP contribution is -2.43. The second kappa shape index (κ2) is 7.29. The third-order valence-corrected chi connectivity index (χ3v) is 3.89. The normalized spacial score (nSPS) is 23.0. The molecule has 1 aliphatic carbocycles. The first-order valence-electron chi connectivity index (χ1n) is 7.36. The third-order valence-electron chi connectivity index (χ3n) is 3.89. The number of nitrogens with one attached hydrogen (secondary N) is 2. The highest BCUT2D eigenvalue weighted by molar-refractivity contribution is 5.77. The molecule has 0 saturated heterocycles. The van der Waals surface area contributed by atoms with Crippen molar-refractivity contribution in [3.8, 4) is 0 Å².